The Bertz CT molecular complexity index is 999. The van der Waals surface area contributed by atoms with Gasteiger partial charge in [-0.15, -0.1) is 23.1 Å². The van der Waals surface area contributed by atoms with Crippen LogP contribution in [-0.2, 0) is 20.8 Å². The molecule has 8 nitrogen and oxygen atoms in total. The molecular formula is C18H18N4O4S3. The van der Waals surface area contributed by atoms with Crippen LogP contribution in [0, 0.1) is 0 Å². The molecule has 0 radical (unpaired) electrons. The number of thiazole rings is 1. The van der Waals surface area contributed by atoms with E-state index in [2.05, 4.69) is 10.3 Å². The first-order valence-electron chi connectivity index (χ1n) is 8.73. The molecule has 2 unspecified atom stereocenters. The van der Waals surface area contributed by atoms with Crippen molar-refractivity contribution >= 4 is 62.9 Å². The average molecular weight is 451 g/mol. The van der Waals surface area contributed by atoms with Gasteiger partial charge in [0, 0.05) is 36.5 Å². The number of thiophene rings is 1. The highest BCUT2D eigenvalue weighted by Gasteiger charge is 2.54. The van der Waals surface area contributed by atoms with Crippen LogP contribution in [-0.4, -0.2) is 64.0 Å². The van der Waals surface area contributed by atoms with E-state index in [1.807, 2.05) is 36.5 Å². The van der Waals surface area contributed by atoms with Crippen LogP contribution in [0.2, 0.25) is 0 Å². The van der Waals surface area contributed by atoms with E-state index in [0.717, 1.165) is 14.9 Å². The molecule has 2 aromatic rings. The average Bonchev–Trinajstić information content (AvgIpc) is 3.36. The fraction of sp³-hybridized carbons (Fsp3) is 0.333. The van der Waals surface area contributed by atoms with Crippen molar-refractivity contribution in [2.24, 2.45) is 0 Å². The molecule has 1 fully saturated rings. The SMILES string of the molecule is CN(C)c1ncc(C2=C(C(=O)O)N3C(=O)C(NC(=O)Cc4cccs4)C3SC2)s1. The van der Waals surface area contributed by atoms with Gasteiger partial charge in [-0.1, -0.05) is 17.4 Å². The number of fused-ring (bicyclic) bond motifs is 1. The summed E-state index contributed by atoms with van der Waals surface area (Å²) in [5.41, 5.74) is 0.567. The number of hydrogen-bond donors (Lipinski definition) is 2. The van der Waals surface area contributed by atoms with Gasteiger partial charge >= 0.3 is 5.97 Å². The number of amides is 2. The van der Waals surface area contributed by atoms with Crippen LogP contribution >= 0.6 is 34.4 Å². The summed E-state index contributed by atoms with van der Waals surface area (Å²) in [6.45, 7) is 0. The topological polar surface area (TPSA) is 103 Å². The van der Waals surface area contributed by atoms with Crippen LogP contribution in [0.15, 0.2) is 29.4 Å². The summed E-state index contributed by atoms with van der Waals surface area (Å²) < 4.78 is 0. The zero-order valence-corrected chi connectivity index (χ0v) is 18.1. The summed E-state index contributed by atoms with van der Waals surface area (Å²) in [7, 11) is 3.73. The molecule has 2 aliphatic rings. The molecule has 0 spiro atoms. The maximum atomic E-state index is 12.7. The van der Waals surface area contributed by atoms with Gasteiger partial charge in [-0.3, -0.25) is 14.5 Å². The summed E-state index contributed by atoms with van der Waals surface area (Å²) >= 11 is 4.32. The third kappa shape index (κ3) is 3.65. The quantitative estimate of drug-likeness (QED) is 0.646. The normalized spacial score (nSPS) is 20.9. The van der Waals surface area contributed by atoms with E-state index >= 15 is 0 Å². The number of β-lactam (4-membered cyclic amide) rings is 1. The second-order valence-corrected chi connectivity index (χ2v) is 9.89. The lowest BCUT2D eigenvalue weighted by atomic mass is 10.0. The minimum atomic E-state index is -1.15. The minimum absolute atomic E-state index is 0.0172. The monoisotopic (exact) mass is 450 g/mol. The van der Waals surface area contributed by atoms with Crippen molar-refractivity contribution in [3.8, 4) is 0 Å². The molecule has 2 N–H and O–H groups in total. The number of hydrogen-bond acceptors (Lipinski definition) is 8. The molecule has 152 valence electrons. The van der Waals surface area contributed by atoms with Crippen molar-refractivity contribution in [3.63, 3.8) is 0 Å². The number of nitrogens with zero attached hydrogens (tertiary/aromatic N) is 3. The summed E-state index contributed by atoms with van der Waals surface area (Å²) in [4.78, 5) is 46.1. The van der Waals surface area contributed by atoms with E-state index in [1.165, 1.54) is 39.3 Å². The zero-order chi connectivity index (χ0) is 20.7. The standard InChI is InChI=1S/C18H18N4O4S3/c1-21(2)18-19-7-11(29-18)10-8-28-16-13(15(24)22(16)14(10)17(25)26)20-12(23)6-9-4-3-5-27-9/h3-5,7,13,16H,6,8H2,1-2H3,(H,20,23)(H,25,26). The fourth-order valence-corrected chi connectivity index (χ4v) is 6.26. The lowest BCUT2D eigenvalue weighted by Crippen LogP contribution is -2.70. The van der Waals surface area contributed by atoms with Crippen LogP contribution in [0.5, 0.6) is 0 Å². The highest BCUT2D eigenvalue weighted by atomic mass is 32.2. The number of aromatic nitrogens is 1. The van der Waals surface area contributed by atoms with Gasteiger partial charge in [0.15, 0.2) is 5.13 Å². The molecular weight excluding hydrogens is 432 g/mol. The van der Waals surface area contributed by atoms with E-state index in [0.29, 0.717) is 11.3 Å². The Kier molecular flexibility index (Phi) is 5.36. The molecule has 2 aromatic heterocycles. The lowest BCUT2D eigenvalue weighted by molar-refractivity contribution is -0.150. The maximum absolute atomic E-state index is 12.7. The van der Waals surface area contributed by atoms with Gasteiger partial charge in [0.2, 0.25) is 5.91 Å². The Balaban J connectivity index is 1.54. The van der Waals surface area contributed by atoms with Crippen LogP contribution < -0.4 is 10.2 Å². The van der Waals surface area contributed by atoms with Gasteiger partial charge in [0.05, 0.1) is 11.3 Å². The molecule has 2 atom stereocenters. The molecule has 0 aromatic carbocycles. The number of rotatable bonds is 6. The smallest absolute Gasteiger partial charge is 0.353 e. The van der Waals surface area contributed by atoms with Gasteiger partial charge in [0.1, 0.15) is 17.1 Å². The number of carboxylic acid groups (broad SMARTS) is 1. The van der Waals surface area contributed by atoms with Gasteiger partial charge in [-0.05, 0) is 11.4 Å². The highest BCUT2D eigenvalue weighted by Crippen LogP contribution is 2.44. The molecule has 0 bridgehead atoms. The Morgan fingerprint density at radius 1 is 1.41 bits per heavy atom. The van der Waals surface area contributed by atoms with Crippen molar-refractivity contribution in [2.45, 2.75) is 17.8 Å². The Morgan fingerprint density at radius 3 is 2.83 bits per heavy atom. The molecule has 4 rings (SSSR count). The van der Waals surface area contributed by atoms with E-state index in [-0.39, 0.29) is 18.0 Å². The predicted molar refractivity (Wildman–Crippen MR) is 114 cm³/mol. The van der Waals surface area contributed by atoms with Crippen LogP contribution in [0.3, 0.4) is 0 Å². The third-order valence-corrected chi connectivity index (χ3v) is 7.96. The molecule has 0 aliphatic carbocycles. The molecule has 2 amide bonds. The second kappa shape index (κ2) is 7.81. The van der Waals surface area contributed by atoms with E-state index in [4.69, 9.17) is 0 Å². The van der Waals surface area contributed by atoms with E-state index in [1.54, 1.807) is 6.20 Å². The zero-order valence-electron chi connectivity index (χ0n) is 15.6. The second-order valence-electron chi connectivity index (χ2n) is 6.74. The van der Waals surface area contributed by atoms with Crippen molar-refractivity contribution < 1.29 is 19.5 Å². The third-order valence-electron chi connectivity index (χ3n) is 4.58. The fourth-order valence-electron chi connectivity index (χ4n) is 3.21. The van der Waals surface area contributed by atoms with Crippen LogP contribution in [0.25, 0.3) is 5.57 Å². The summed E-state index contributed by atoms with van der Waals surface area (Å²) in [5.74, 6) is -1.35. The van der Waals surface area contributed by atoms with Gasteiger partial charge in [-0.25, -0.2) is 9.78 Å². The Hall–Kier alpha value is -2.37. The molecule has 2 aliphatic heterocycles. The number of carbonyl (C=O) groups excluding carboxylic acids is 2. The van der Waals surface area contributed by atoms with Crippen molar-refractivity contribution in [1.29, 1.82) is 0 Å². The predicted octanol–water partition coefficient (Wildman–Crippen LogP) is 1.71. The number of thioether (sulfide) groups is 1. The molecule has 4 heterocycles. The number of carboxylic acids is 1. The largest absolute Gasteiger partial charge is 0.477 e. The first kappa shape index (κ1) is 19.9. The Labute approximate surface area is 179 Å². The van der Waals surface area contributed by atoms with Gasteiger partial charge in [0.25, 0.3) is 5.91 Å². The first-order chi connectivity index (χ1) is 13.9. The van der Waals surface area contributed by atoms with E-state index < -0.39 is 23.3 Å². The van der Waals surface area contributed by atoms with Crippen LogP contribution in [0.4, 0.5) is 5.13 Å². The summed E-state index contributed by atoms with van der Waals surface area (Å²) in [6.07, 6.45) is 1.85. The van der Waals surface area contributed by atoms with E-state index in [9.17, 15) is 19.5 Å². The highest BCUT2D eigenvalue weighted by molar-refractivity contribution is 8.00. The Morgan fingerprint density at radius 2 is 2.21 bits per heavy atom. The summed E-state index contributed by atoms with van der Waals surface area (Å²) in [5, 5.41) is 14.8. The number of aliphatic carboxylic acids is 1. The molecule has 11 heteroatoms. The molecule has 0 saturated carbocycles. The number of nitrogens with one attached hydrogen (secondary N) is 1. The first-order valence-corrected chi connectivity index (χ1v) is 11.5. The molecule has 1 saturated heterocycles. The lowest BCUT2D eigenvalue weighted by Gasteiger charge is -2.49. The van der Waals surface area contributed by atoms with Crippen molar-refractivity contribution in [2.75, 3.05) is 24.7 Å². The molecule has 29 heavy (non-hydrogen) atoms. The van der Waals surface area contributed by atoms with Crippen molar-refractivity contribution in [3.05, 3.63) is 39.2 Å². The number of anilines is 1. The number of carbonyl (C=O) groups is 3. The van der Waals surface area contributed by atoms with Gasteiger partial charge < -0.3 is 15.3 Å². The maximum Gasteiger partial charge on any atom is 0.353 e. The van der Waals surface area contributed by atoms with Gasteiger partial charge in [-0.2, -0.15) is 0 Å². The van der Waals surface area contributed by atoms with Crippen LogP contribution in [0.1, 0.15) is 9.75 Å². The van der Waals surface area contributed by atoms with Crippen molar-refractivity contribution in [1.82, 2.24) is 15.2 Å². The minimum Gasteiger partial charge on any atom is -0.477 e. The summed E-state index contributed by atoms with van der Waals surface area (Å²) in [6, 6.07) is 3.03.